The number of benzene rings is 1. The quantitative estimate of drug-likeness (QED) is 0.769. The van der Waals surface area contributed by atoms with Gasteiger partial charge in [-0.2, -0.15) is 5.10 Å². The van der Waals surface area contributed by atoms with Crippen LogP contribution in [0.1, 0.15) is 25.2 Å². The third-order valence-corrected chi connectivity index (χ3v) is 4.24. The number of aryl methyl sites for hydroxylation is 2. The number of hydrogen-bond donors (Lipinski definition) is 1. The molecule has 0 saturated carbocycles. The number of anilines is 1. The number of aromatic nitrogens is 4. The molecule has 0 bridgehead atoms. The topological polar surface area (TPSA) is 74.1 Å². The molecule has 0 amide bonds. The fraction of sp³-hybridized carbons (Fsp3) is 0.389. The standard InChI is InChI=1S/C18H23N5O2/c1-11-20-16(13-10-19-23(4)17(13)21-11)22-18(2,3)12-7-8-14(24-5)15(9-12)25-6/h7-10H,1-6H3,(H,20,21,22). The molecular formula is C18H23N5O2. The normalized spacial score (nSPS) is 11.6. The average molecular weight is 341 g/mol. The lowest BCUT2D eigenvalue weighted by molar-refractivity contribution is 0.353. The second-order valence-corrected chi connectivity index (χ2v) is 6.44. The predicted molar refractivity (Wildman–Crippen MR) is 97.2 cm³/mol. The minimum absolute atomic E-state index is 0.386. The molecule has 3 aromatic rings. The molecule has 132 valence electrons. The number of methoxy groups -OCH3 is 2. The van der Waals surface area contributed by atoms with Gasteiger partial charge in [0.15, 0.2) is 17.1 Å². The summed E-state index contributed by atoms with van der Waals surface area (Å²) in [4.78, 5) is 9.03. The van der Waals surface area contributed by atoms with Gasteiger partial charge in [0.05, 0.1) is 31.3 Å². The molecular weight excluding hydrogens is 318 g/mol. The van der Waals surface area contributed by atoms with E-state index < -0.39 is 0 Å². The highest BCUT2D eigenvalue weighted by Gasteiger charge is 2.24. The van der Waals surface area contributed by atoms with E-state index in [1.807, 2.05) is 32.2 Å². The Morgan fingerprint density at radius 1 is 1.08 bits per heavy atom. The van der Waals surface area contributed by atoms with Crippen LogP contribution in [-0.4, -0.2) is 34.0 Å². The molecule has 3 rings (SSSR count). The Balaban J connectivity index is 2.02. The van der Waals surface area contributed by atoms with E-state index >= 15 is 0 Å². The molecule has 0 aliphatic carbocycles. The highest BCUT2D eigenvalue weighted by Crippen LogP contribution is 2.34. The van der Waals surface area contributed by atoms with Gasteiger partial charge in [-0.15, -0.1) is 0 Å². The van der Waals surface area contributed by atoms with Gasteiger partial charge in [0.2, 0.25) is 0 Å². The molecule has 25 heavy (non-hydrogen) atoms. The summed E-state index contributed by atoms with van der Waals surface area (Å²) >= 11 is 0. The van der Waals surface area contributed by atoms with Crippen molar-refractivity contribution >= 4 is 16.9 Å². The second kappa shape index (κ2) is 6.23. The summed E-state index contributed by atoms with van der Waals surface area (Å²) in [6.45, 7) is 6.06. The lowest BCUT2D eigenvalue weighted by Crippen LogP contribution is -2.28. The SMILES string of the molecule is COc1ccc(C(C)(C)Nc2nc(C)nc3c2cnn3C)cc1OC. The zero-order chi connectivity index (χ0) is 18.2. The van der Waals surface area contributed by atoms with Crippen molar-refractivity contribution in [3.05, 3.63) is 35.8 Å². The van der Waals surface area contributed by atoms with Crippen LogP contribution in [-0.2, 0) is 12.6 Å². The minimum Gasteiger partial charge on any atom is -0.493 e. The van der Waals surface area contributed by atoms with E-state index in [1.165, 1.54) is 0 Å². The maximum atomic E-state index is 5.42. The van der Waals surface area contributed by atoms with E-state index in [0.717, 1.165) is 22.4 Å². The fourth-order valence-corrected chi connectivity index (χ4v) is 2.82. The summed E-state index contributed by atoms with van der Waals surface area (Å²) in [5.74, 6) is 2.85. The summed E-state index contributed by atoms with van der Waals surface area (Å²) in [7, 11) is 5.14. The van der Waals surface area contributed by atoms with E-state index in [4.69, 9.17) is 9.47 Å². The molecule has 0 unspecified atom stereocenters. The maximum absolute atomic E-state index is 5.42. The number of hydrogen-bond acceptors (Lipinski definition) is 6. The van der Waals surface area contributed by atoms with Gasteiger partial charge in [-0.05, 0) is 38.5 Å². The van der Waals surface area contributed by atoms with Gasteiger partial charge in [0.1, 0.15) is 11.6 Å². The minimum atomic E-state index is -0.386. The van der Waals surface area contributed by atoms with Gasteiger partial charge in [-0.25, -0.2) is 9.97 Å². The number of rotatable bonds is 5. The molecule has 0 spiro atoms. The van der Waals surface area contributed by atoms with Gasteiger partial charge in [0.25, 0.3) is 0 Å². The first-order chi connectivity index (χ1) is 11.9. The number of nitrogens with one attached hydrogen (secondary N) is 1. The van der Waals surface area contributed by atoms with Crippen LogP contribution in [0.25, 0.3) is 11.0 Å². The van der Waals surface area contributed by atoms with Crippen molar-refractivity contribution in [3.63, 3.8) is 0 Å². The first-order valence-corrected chi connectivity index (χ1v) is 8.02. The largest absolute Gasteiger partial charge is 0.493 e. The van der Waals surface area contributed by atoms with Crippen LogP contribution in [0, 0.1) is 6.92 Å². The van der Waals surface area contributed by atoms with Crippen LogP contribution in [0.15, 0.2) is 24.4 Å². The van der Waals surface area contributed by atoms with Crippen molar-refractivity contribution in [2.24, 2.45) is 7.05 Å². The Kier molecular flexibility index (Phi) is 4.24. The van der Waals surface area contributed by atoms with E-state index in [2.05, 4.69) is 34.2 Å². The molecule has 0 saturated heterocycles. The molecule has 0 aliphatic heterocycles. The lowest BCUT2D eigenvalue weighted by atomic mass is 9.93. The zero-order valence-corrected chi connectivity index (χ0v) is 15.4. The number of ether oxygens (including phenoxy) is 2. The van der Waals surface area contributed by atoms with Crippen molar-refractivity contribution in [1.29, 1.82) is 0 Å². The Labute approximate surface area is 147 Å². The van der Waals surface area contributed by atoms with Gasteiger partial charge in [0, 0.05) is 7.05 Å². The van der Waals surface area contributed by atoms with Gasteiger partial charge >= 0.3 is 0 Å². The fourth-order valence-electron chi connectivity index (χ4n) is 2.82. The number of nitrogens with zero attached hydrogens (tertiary/aromatic N) is 4. The summed E-state index contributed by atoms with van der Waals surface area (Å²) in [6, 6.07) is 5.89. The van der Waals surface area contributed by atoms with Crippen LogP contribution in [0.2, 0.25) is 0 Å². The van der Waals surface area contributed by atoms with Crippen LogP contribution < -0.4 is 14.8 Å². The first-order valence-electron chi connectivity index (χ1n) is 8.02. The second-order valence-electron chi connectivity index (χ2n) is 6.44. The molecule has 0 radical (unpaired) electrons. The van der Waals surface area contributed by atoms with Gasteiger partial charge < -0.3 is 14.8 Å². The van der Waals surface area contributed by atoms with Crippen LogP contribution in [0.5, 0.6) is 11.5 Å². The summed E-state index contributed by atoms with van der Waals surface area (Å²) in [5, 5.41) is 8.70. The van der Waals surface area contributed by atoms with E-state index in [-0.39, 0.29) is 5.54 Å². The highest BCUT2D eigenvalue weighted by atomic mass is 16.5. The van der Waals surface area contributed by atoms with Crippen molar-refractivity contribution in [1.82, 2.24) is 19.7 Å². The van der Waals surface area contributed by atoms with Crippen molar-refractivity contribution in [2.45, 2.75) is 26.3 Å². The van der Waals surface area contributed by atoms with E-state index in [9.17, 15) is 0 Å². The first kappa shape index (κ1) is 17.0. The Morgan fingerprint density at radius 3 is 2.48 bits per heavy atom. The van der Waals surface area contributed by atoms with Gasteiger partial charge in [-0.1, -0.05) is 6.07 Å². The third kappa shape index (κ3) is 3.09. The lowest BCUT2D eigenvalue weighted by Gasteiger charge is -2.28. The molecule has 0 aliphatic rings. The molecule has 1 N–H and O–H groups in total. The molecule has 2 heterocycles. The monoisotopic (exact) mass is 341 g/mol. The number of fused-ring (bicyclic) bond motifs is 1. The summed E-state index contributed by atoms with van der Waals surface area (Å²) < 4.78 is 12.5. The maximum Gasteiger partial charge on any atom is 0.163 e. The van der Waals surface area contributed by atoms with Crippen LogP contribution in [0.3, 0.4) is 0 Å². The molecule has 2 aromatic heterocycles. The molecule has 1 aromatic carbocycles. The Bertz CT molecular complexity index is 917. The van der Waals surface area contributed by atoms with Crippen molar-refractivity contribution < 1.29 is 9.47 Å². The molecule has 0 atom stereocenters. The van der Waals surface area contributed by atoms with Crippen LogP contribution >= 0.6 is 0 Å². The Hall–Kier alpha value is -2.83. The summed E-state index contributed by atoms with van der Waals surface area (Å²) in [5.41, 5.74) is 1.47. The molecule has 7 nitrogen and oxygen atoms in total. The average Bonchev–Trinajstić information content (AvgIpc) is 2.95. The molecule has 7 heteroatoms. The van der Waals surface area contributed by atoms with Gasteiger partial charge in [-0.3, -0.25) is 4.68 Å². The van der Waals surface area contributed by atoms with E-state index in [1.54, 1.807) is 25.1 Å². The predicted octanol–water partition coefficient (Wildman–Crippen LogP) is 3.04. The third-order valence-electron chi connectivity index (χ3n) is 4.24. The van der Waals surface area contributed by atoms with Crippen LogP contribution in [0.4, 0.5) is 5.82 Å². The summed E-state index contributed by atoms with van der Waals surface area (Å²) in [6.07, 6.45) is 1.78. The van der Waals surface area contributed by atoms with E-state index in [0.29, 0.717) is 17.3 Å². The zero-order valence-electron chi connectivity index (χ0n) is 15.4. The van der Waals surface area contributed by atoms with Crippen molar-refractivity contribution in [3.8, 4) is 11.5 Å². The smallest absolute Gasteiger partial charge is 0.163 e. The Morgan fingerprint density at radius 2 is 1.80 bits per heavy atom. The molecule has 0 fully saturated rings. The highest BCUT2D eigenvalue weighted by molar-refractivity contribution is 5.86. The van der Waals surface area contributed by atoms with Crippen molar-refractivity contribution in [2.75, 3.05) is 19.5 Å².